The number of rotatable bonds is 4. The average Bonchev–Trinajstić information content (AvgIpc) is 2.20. The second kappa shape index (κ2) is 6.25. The van der Waals surface area contributed by atoms with E-state index in [0.717, 1.165) is 0 Å². The van der Waals surface area contributed by atoms with Crippen molar-refractivity contribution in [1.29, 1.82) is 0 Å². The summed E-state index contributed by atoms with van der Waals surface area (Å²) in [5.74, 6) is -1.26. The first-order valence-electron chi connectivity index (χ1n) is 4.47. The molecule has 6 heteroatoms. The van der Waals surface area contributed by atoms with E-state index in [1.165, 1.54) is 18.2 Å². The van der Waals surface area contributed by atoms with Gasteiger partial charge in [-0.3, -0.25) is 0 Å². The second-order valence-corrected chi connectivity index (χ2v) is 3.84. The van der Waals surface area contributed by atoms with Crippen LogP contribution < -0.4 is 0 Å². The molecule has 0 atom stereocenters. The molecule has 1 rings (SSSR count). The van der Waals surface area contributed by atoms with Crippen LogP contribution in [0, 0.1) is 11.6 Å². The highest BCUT2D eigenvalue weighted by molar-refractivity contribution is 9.10. The summed E-state index contributed by atoms with van der Waals surface area (Å²) in [6, 6.07) is 2.38. The first kappa shape index (κ1) is 12.7. The fraction of sp³-hybridized carbons (Fsp3) is 0.200. The zero-order valence-corrected chi connectivity index (χ0v) is 9.79. The number of azide groups is 1. The molecule has 16 heavy (non-hydrogen) atoms. The number of halogens is 3. The van der Waals surface area contributed by atoms with Crippen molar-refractivity contribution in [3.8, 4) is 0 Å². The van der Waals surface area contributed by atoms with Crippen LogP contribution in [0.1, 0.15) is 12.0 Å². The third kappa shape index (κ3) is 3.64. The molecular formula is C10H8BrF2N3. The Labute approximate surface area is 99.5 Å². The predicted molar refractivity (Wildman–Crippen MR) is 61.7 cm³/mol. The van der Waals surface area contributed by atoms with E-state index in [-0.39, 0.29) is 12.1 Å². The second-order valence-electron chi connectivity index (χ2n) is 2.93. The van der Waals surface area contributed by atoms with E-state index in [4.69, 9.17) is 5.53 Å². The van der Waals surface area contributed by atoms with Crippen molar-refractivity contribution in [2.45, 2.75) is 6.42 Å². The van der Waals surface area contributed by atoms with Gasteiger partial charge in [-0.25, -0.2) is 8.78 Å². The third-order valence-electron chi connectivity index (χ3n) is 1.79. The normalized spacial score (nSPS) is 10.4. The highest BCUT2D eigenvalue weighted by Crippen LogP contribution is 2.20. The molecule has 0 heterocycles. The van der Waals surface area contributed by atoms with Crippen molar-refractivity contribution < 1.29 is 8.78 Å². The summed E-state index contributed by atoms with van der Waals surface area (Å²) >= 11 is 2.99. The van der Waals surface area contributed by atoms with E-state index in [0.29, 0.717) is 10.9 Å². The third-order valence-corrected chi connectivity index (χ3v) is 2.25. The summed E-state index contributed by atoms with van der Waals surface area (Å²) in [7, 11) is 0. The fourth-order valence-electron chi connectivity index (χ4n) is 1.09. The molecule has 0 N–H and O–H groups in total. The average molecular weight is 288 g/mol. The number of nitrogens with zero attached hydrogens (tertiary/aromatic N) is 3. The van der Waals surface area contributed by atoms with Crippen LogP contribution in [0.25, 0.3) is 16.5 Å². The van der Waals surface area contributed by atoms with Crippen LogP contribution in [0.2, 0.25) is 0 Å². The summed E-state index contributed by atoms with van der Waals surface area (Å²) < 4.78 is 26.9. The summed E-state index contributed by atoms with van der Waals surface area (Å²) in [5.41, 5.74) is 7.92. The van der Waals surface area contributed by atoms with E-state index in [2.05, 4.69) is 26.0 Å². The molecular weight excluding hydrogens is 280 g/mol. The van der Waals surface area contributed by atoms with Crippen LogP contribution in [0.3, 0.4) is 0 Å². The lowest BCUT2D eigenvalue weighted by atomic mass is 10.1. The van der Waals surface area contributed by atoms with Crippen LogP contribution in [-0.2, 0) is 0 Å². The van der Waals surface area contributed by atoms with Gasteiger partial charge in [0.15, 0.2) is 0 Å². The smallest absolute Gasteiger partial charge is 0.134 e. The van der Waals surface area contributed by atoms with Gasteiger partial charge in [0.25, 0.3) is 0 Å². The van der Waals surface area contributed by atoms with Gasteiger partial charge < -0.3 is 0 Å². The Balaban J connectivity index is 2.77. The molecule has 0 bridgehead atoms. The Kier molecular flexibility index (Phi) is 4.95. The molecule has 0 aliphatic carbocycles. The predicted octanol–water partition coefficient (Wildman–Crippen LogP) is 4.44. The molecule has 0 radical (unpaired) electrons. The van der Waals surface area contributed by atoms with Crippen LogP contribution in [-0.4, -0.2) is 6.54 Å². The summed E-state index contributed by atoms with van der Waals surface area (Å²) in [4.78, 5) is 2.56. The van der Waals surface area contributed by atoms with Gasteiger partial charge in [-0.2, -0.15) is 0 Å². The Morgan fingerprint density at radius 1 is 1.38 bits per heavy atom. The molecule has 0 amide bonds. The van der Waals surface area contributed by atoms with Gasteiger partial charge in [0.1, 0.15) is 11.6 Å². The molecule has 0 aliphatic heterocycles. The topological polar surface area (TPSA) is 48.8 Å². The molecule has 3 nitrogen and oxygen atoms in total. The van der Waals surface area contributed by atoms with Gasteiger partial charge in [-0.15, -0.1) is 0 Å². The number of hydrogen-bond acceptors (Lipinski definition) is 1. The Morgan fingerprint density at radius 2 is 2.00 bits per heavy atom. The van der Waals surface area contributed by atoms with Crippen molar-refractivity contribution in [2.75, 3.05) is 6.54 Å². The maximum absolute atomic E-state index is 13.3. The zero-order valence-electron chi connectivity index (χ0n) is 8.20. The quantitative estimate of drug-likeness (QED) is 0.340. The summed E-state index contributed by atoms with van der Waals surface area (Å²) in [6.45, 7) is 0.271. The molecule has 84 valence electrons. The zero-order chi connectivity index (χ0) is 12.0. The Bertz CT molecular complexity index is 430. The molecule has 0 aromatic heterocycles. The molecule has 0 fully saturated rings. The molecule has 1 aromatic carbocycles. The highest BCUT2D eigenvalue weighted by Gasteiger charge is 2.06. The largest absolute Gasteiger partial charge is 0.206 e. The van der Waals surface area contributed by atoms with Gasteiger partial charge in [-0.05, 0) is 24.1 Å². The van der Waals surface area contributed by atoms with Crippen molar-refractivity contribution in [1.82, 2.24) is 0 Å². The lowest BCUT2D eigenvalue weighted by Crippen LogP contribution is -1.88. The monoisotopic (exact) mass is 287 g/mol. The minimum absolute atomic E-state index is 0.0934. The number of hydrogen-bond donors (Lipinski definition) is 0. The molecule has 1 aromatic rings. The van der Waals surface area contributed by atoms with Crippen LogP contribution >= 0.6 is 15.9 Å². The van der Waals surface area contributed by atoms with Crippen molar-refractivity contribution >= 4 is 22.0 Å². The van der Waals surface area contributed by atoms with E-state index >= 15 is 0 Å². The van der Waals surface area contributed by atoms with Gasteiger partial charge in [-0.1, -0.05) is 33.2 Å². The van der Waals surface area contributed by atoms with Gasteiger partial charge in [0, 0.05) is 21.5 Å². The number of benzene rings is 1. The fourth-order valence-corrected chi connectivity index (χ4v) is 1.49. The van der Waals surface area contributed by atoms with Gasteiger partial charge in [0.05, 0.1) is 0 Å². The van der Waals surface area contributed by atoms with E-state index in [1.54, 1.807) is 6.08 Å². The Hall–Kier alpha value is -1.39. The molecule has 0 unspecified atom stereocenters. The maximum atomic E-state index is 13.3. The standard InChI is InChI=1S/C10H8BrF2N3/c11-7-5-9(12)8(10(13)6-7)3-1-2-4-15-16-14/h1,3,5-6H,2,4H2. The van der Waals surface area contributed by atoms with Crippen LogP contribution in [0.5, 0.6) is 0 Å². The van der Waals surface area contributed by atoms with Crippen molar-refractivity contribution in [2.24, 2.45) is 5.11 Å². The summed E-state index contributed by atoms with van der Waals surface area (Å²) in [5, 5.41) is 3.30. The van der Waals surface area contributed by atoms with E-state index < -0.39 is 11.6 Å². The Morgan fingerprint density at radius 3 is 2.56 bits per heavy atom. The van der Waals surface area contributed by atoms with E-state index in [9.17, 15) is 8.78 Å². The lowest BCUT2D eigenvalue weighted by Gasteiger charge is -2.00. The van der Waals surface area contributed by atoms with Crippen molar-refractivity contribution in [3.05, 3.63) is 50.3 Å². The van der Waals surface area contributed by atoms with Gasteiger partial charge in [0.2, 0.25) is 0 Å². The van der Waals surface area contributed by atoms with Crippen LogP contribution in [0.15, 0.2) is 27.8 Å². The summed E-state index contributed by atoms with van der Waals surface area (Å²) in [6.07, 6.45) is 3.34. The van der Waals surface area contributed by atoms with Crippen molar-refractivity contribution in [3.63, 3.8) is 0 Å². The molecule has 0 saturated heterocycles. The lowest BCUT2D eigenvalue weighted by molar-refractivity contribution is 0.577. The minimum Gasteiger partial charge on any atom is -0.206 e. The molecule has 0 spiro atoms. The SMILES string of the molecule is [N-]=[N+]=NCCC=Cc1c(F)cc(Br)cc1F. The van der Waals surface area contributed by atoms with Gasteiger partial charge >= 0.3 is 0 Å². The molecule has 0 aliphatic rings. The first-order valence-corrected chi connectivity index (χ1v) is 5.26. The van der Waals surface area contributed by atoms with E-state index in [1.807, 2.05) is 0 Å². The molecule has 0 saturated carbocycles. The minimum atomic E-state index is -0.632. The highest BCUT2D eigenvalue weighted by atomic mass is 79.9. The first-order chi connectivity index (χ1) is 7.65. The maximum Gasteiger partial charge on any atom is 0.134 e. The van der Waals surface area contributed by atoms with Crippen LogP contribution in [0.4, 0.5) is 8.78 Å².